The highest BCUT2D eigenvalue weighted by Crippen LogP contribution is 2.42. The third-order valence-electron chi connectivity index (χ3n) is 2.43. The lowest BCUT2D eigenvalue weighted by Gasteiger charge is -2.32. The maximum absolute atomic E-state index is 10.4. The summed E-state index contributed by atoms with van der Waals surface area (Å²) >= 11 is 3.20. The molecule has 0 unspecified atom stereocenters. The largest absolute Gasteiger partial charge is 0.459 e. The highest BCUT2D eigenvalue weighted by Gasteiger charge is 2.65. The molecule has 6 nitrogen and oxygen atoms in total. The van der Waals surface area contributed by atoms with Gasteiger partial charge in [-0.05, 0) is 12.3 Å². The van der Waals surface area contributed by atoms with Crippen LogP contribution in [0.25, 0.3) is 0 Å². The predicted molar refractivity (Wildman–Crippen MR) is 47.9 cm³/mol. The van der Waals surface area contributed by atoms with Gasteiger partial charge in [0.2, 0.25) is 0 Å². The SMILES string of the molecule is O=[N+]([O-])C1([N+](=O)[O-])CC(CCBr)C1. The van der Waals surface area contributed by atoms with E-state index in [1.54, 1.807) is 0 Å². The normalized spacial score (nSPS) is 20.7. The minimum Gasteiger partial charge on any atom is -0.258 e. The molecule has 0 heterocycles. The Morgan fingerprint density at radius 3 is 2.08 bits per heavy atom. The first-order valence-electron chi connectivity index (χ1n) is 3.88. The van der Waals surface area contributed by atoms with Crippen molar-refractivity contribution in [3.05, 3.63) is 20.2 Å². The number of nitro groups is 2. The van der Waals surface area contributed by atoms with E-state index in [9.17, 15) is 20.2 Å². The summed E-state index contributed by atoms with van der Waals surface area (Å²) in [5.41, 5.74) is -1.88. The number of hydrogen-bond acceptors (Lipinski definition) is 4. The van der Waals surface area contributed by atoms with Crippen LogP contribution in [0.15, 0.2) is 0 Å². The van der Waals surface area contributed by atoms with E-state index >= 15 is 0 Å². The number of rotatable bonds is 4. The zero-order valence-corrected chi connectivity index (χ0v) is 8.40. The third kappa shape index (κ3) is 1.65. The summed E-state index contributed by atoms with van der Waals surface area (Å²) in [6.45, 7) is 0. The summed E-state index contributed by atoms with van der Waals surface area (Å²) in [4.78, 5) is 19.4. The van der Waals surface area contributed by atoms with Crippen LogP contribution in [-0.4, -0.2) is 20.8 Å². The number of halogens is 1. The van der Waals surface area contributed by atoms with Crippen molar-refractivity contribution >= 4 is 15.9 Å². The third-order valence-corrected chi connectivity index (χ3v) is 2.89. The Morgan fingerprint density at radius 2 is 1.77 bits per heavy atom. The van der Waals surface area contributed by atoms with E-state index in [4.69, 9.17) is 0 Å². The quantitative estimate of drug-likeness (QED) is 0.328. The molecule has 1 saturated carbocycles. The Balaban J connectivity index is 2.59. The Labute approximate surface area is 82.7 Å². The fourth-order valence-corrected chi connectivity index (χ4v) is 2.24. The topological polar surface area (TPSA) is 86.3 Å². The predicted octanol–water partition coefficient (Wildman–Crippen LogP) is 1.43. The molecule has 0 N–H and O–H groups in total. The van der Waals surface area contributed by atoms with Gasteiger partial charge >= 0.3 is 5.66 Å². The first-order valence-corrected chi connectivity index (χ1v) is 5.00. The summed E-state index contributed by atoms with van der Waals surface area (Å²) < 4.78 is 0. The monoisotopic (exact) mass is 252 g/mol. The molecule has 0 aromatic carbocycles. The number of hydrogen-bond donors (Lipinski definition) is 0. The average Bonchev–Trinajstić information content (AvgIpc) is 1.93. The average molecular weight is 253 g/mol. The molecule has 0 saturated heterocycles. The standard InChI is InChI=1S/C6H9BrN2O4/c7-2-1-5-3-6(4-5,8(10)11)9(12)13/h5H,1-4H2. The fraction of sp³-hybridized carbons (Fsp3) is 1.00. The van der Waals surface area contributed by atoms with Crippen LogP contribution < -0.4 is 0 Å². The molecule has 7 heteroatoms. The fourth-order valence-electron chi connectivity index (χ4n) is 1.59. The molecule has 74 valence electrons. The molecule has 0 bridgehead atoms. The first kappa shape index (κ1) is 10.4. The minimum absolute atomic E-state index is 0.0681. The van der Waals surface area contributed by atoms with Gasteiger partial charge in [0.15, 0.2) is 0 Å². The zero-order chi connectivity index (χ0) is 10.1. The molecule has 0 amide bonds. The number of alkyl halides is 1. The summed E-state index contributed by atoms with van der Waals surface area (Å²) in [6, 6.07) is 0. The van der Waals surface area contributed by atoms with Crippen LogP contribution in [-0.2, 0) is 0 Å². The molecule has 13 heavy (non-hydrogen) atoms. The van der Waals surface area contributed by atoms with Crippen LogP contribution in [0.5, 0.6) is 0 Å². The summed E-state index contributed by atoms with van der Waals surface area (Å²) in [7, 11) is 0. The summed E-state index contributed by atoms with van der Waals surface area (Å²) in [5.74, 6) is 0.121. The molecule has 0 aromatic rings. The lowest BCUT2D eigenvalue weighted by Crippen LogP contribution is -2.56. The Bertz CT molecular complexity index is 223. The van der Waals surface area contributed by atoms with Gasteiger partial charge in [0.1, 0.15) is 0 Å². The van der Waals surface area contributed by atoms with Crippen LogP contribution in [0.1, 0.15) is 19.3 Å². The van der Waals surface area contributed by atoms with Crippen LogP contribution in [0.2, 0.25) is 0 Å². The lowest BCUT2D eigenvalue weighted by atomic mass is 9.74. The van der Waals surface area contributed by atoms with E-state index in [-0.39, 0.29) is 18.8 Å². The molecule has 1 rings (SSSR count). The van der Waals surface area contributed by atoms with Crippen LogP contribution >= 0.6 is 15.9 Å². The maximum atomic E-state index is 10.4. The molecule has 0 spiro atoms. The van der Waals surface area contributed by atoms with Crippen LogP contribution in [0.3, 0.4) is 0 Å². The maximum Gasteiger partial charge on any atom is 0.459 e. The van der Waals surface area contributed by atoms with Gasteiger partial charge in [-0.2, -0.15) is 0 Å². The van der Waals surface area contributed by atoms with Crippen molar-refractivity contribution in [3.8, 4) is 0 Å². The van der Waals surface area contributed by atoms with E-state index in [0.29, 0.717) is 0 Å². The Morgan fingerprint density at radius 1 is 1.31 bits per heavy atom. The van der Waals surface area contributed by atoms with E-state index in [0.717, 1.165) is 11.8 Å². The van der Waals surface area contributed by atoms with Gasteiger partial charge in [-0.15, -0.1) is 0 Å². The lowest BCUT2D eigenvalue weighted by molar-refractivity contribution is -0.815. The van der Waals surface area contributed by atoms with Crippen molar-refractivity contribution in [3.63, 3.8) is 0 Å². The van der Waals surface area contributed by atoms with Crippen molar-refractivity contribution < 1.29 is 9.85 Å². The van der Waals surface area contributed by atoms with Crippen molar-refractivity contribution in [2.75, 3.05) is 5.33 Å². The molecule has 0 aliphatic heterocycles. The van der Waals surface area contributed by atoms with E-state index in [1.165, 1.54) is 0 Å². The van der Waals surface area contributed by atoms with Gasteiger partial charge < -0.3 is 0 Å². The van der Waals surface area contributed by atoms with Gasteiger partial charge in [0, 0.05) is 5.33 Å². The first-order chi connectivity index (χ1) is 6.03. The number of nitrogens with zero attached hydrogens (tertiary/aromatic N) is 2. The smallest absolute Gasteiger partial charge is 0.258 e. The molecule has 1 fully saturated rings. The van der Waals surface area contributed by atoms with Crippen LogP contribution in [0.4, 0.5) is 0 Å². The van der Waals surface area contributed by atoms with E-state index in [1.807, 2.05) is 0 Å². The van der Waals surface area contributed by atoms with Crippen LogP contribution in [0, 0.1) is 26.1 Å². The molecule has 0 radical (unpaired) electrons. The molecule has 1 aliphatic carbocycles. The molecule has 0 aromatic heterocycles. The summed E-state index contributed by atoms with van der Waals surface area (Å²) in [6.07, 6.45) is 0.903. The van der Waals surface area contributed by atoms with Crippen molar-refractivity contribution in [2.24, 2.45) is 5.92 Å². The van der Waals surface area contributed by atoms with Gasteiger partial charge in [0.05, 0.1) is 22.7 Å². The highest BCUT2D eigenvalue weighted by atomic mass is 79.9. The second-order valence-corrected chi connectivity index (χ2v) is 4.04. The Kier molecular flexibility index (Phi) is 2.84. The van der Waals surface area contributed by atoms with Crippen molar-refractivity contribution in [1.29, 1.82) is 0 Å². The van der Waals surface area contributed by atoms with Gasteiger partial charge in [-0.1, -0.05) is 15.9 Å². The molecule has 0 atom stereocenters. The van der Waals surface area contributed by atoms with E-state index in [2.05, 4.69) is 15.9 Å². The van der Waals surface area contributed by atoms with Crippen molar-refractivity contribution in [2.45, 2.75) is 24.9 Å². The molecular formula is C6H9BrN2O4. The highest BCUT2D eigenvalue weighted by molar-refractivity contribution is 9.09. The Hall–Kier alpha value is -0.720. The van der Waals surface area contributed by atoms with Gasteiger partial charge in [-0.3, -0.25) is 20.2 Å². The van der Waals surface area contributed by atoms with E-state index < -0.39 is 15.5 Å². The second-order valence-electron chi connectivity index (χ2n) is 3.25. The van der Waals surface area contributed by atoms with Gasteiger partial charge in [0.25, 0.3) is 0 Å². The summed E-state index contributed by atoms with van der Waals surface area (Å²) in [5, 5.41) is 21.6. The molecular weight excluding hydrogens is 244 g/mol. The minimum atomic E-state index is -1.88. The van der Waals surface area contributed by atoms with Crippen molar-refractivity contribution in [1.82, 2.24) is 0 Å². The second kappa shape index (κ2) is 3.57. The van der Waals surface area contributed by atoms with Gasteiger partial charge in [-0.25, -0.2) is 0 Å². The molecule has 1 aliphatic rings. The zero-order valence-electron chi connectivity index (χ0n) is 6.81.